The lowest BCUT2D eigenvalue weighted by atomic mass is 9.77. The van der Waals surface area contributed by atoms with E-state index in [1.165, 1.54) is 23.5 Å². The standard InChI is InChI=1S/C30H44F3NO4SSi/c1-9-22(10-2)37-25-17-20(28(35)36-11-3)16-23(26(25)38-40(7,8)29(4,5)6)27-34-24(18-39-27)19-12-14-21(15-13-19)30(31,32)33/h12-15,18,20,22-23,25-26H,9-11,16-17H2,1-8H3/t20-,23+,25-,26+/m1/s1. The molecule has 1 aromatic heterocycles. The van der Waals surface area contributed by atoms with Gasteiger partial charge in [-0.25, -0.2) is 4.98 Å². The third-order valence-corrected chi connectivity index (χ3v) is 13.8. The highest BCUT2D eigenvalue weighted by Crippen LogP contribution is 2.47. The molecule has 4 atom stereocenters. The average molecular weight is 600 g/mol. The minimum Gasteiger partial charge on any atom is -0.466 e. The maximum absolute atomic E-state index is 13.1. The van der Waals surface area contributed by atoms with E-state index < -0.39 is 20.1 Å². The Hall–Kier alpha value is -1.75. The van der Waals surface area contributed by atoms with Crippen molar-refractivity contribution in [1.82, 2.24) is 4.98 Å². The molecule has 1 aliphatic carbocycles. The zero-order chi connectivity index (χ0) is 29.9. The van der Waals surface area contributed by atoms with E-state index in [-0.39, 0.29) is 41.2 Å². The van der Waals surface area contributed by atoms with E-state index >= 15 is 0 Å². The van der Waals surface area contributed by atoms with E-state index in [0.717, 1.165) is 30.0 Å². The lowest BCUT2D eigenvalue weighted by Crippen LogP contribution is -2.53. The van der Waals surface area contributed by atoms with Crippen molar-refractivity contribution < 1.29 is 31.9 Å². The zero-order valence-electron chi connectivity index (χ0n) is 24.9. The molecule has 1 saturated carbocycles. The van der Waals surface area contributed by atoms with Gasteiger partial charge in [-0.1, -0.05) is 46.8 Å². The van der Waals surface area contributed by atoms with Crippen molar-refractivity contribution in [3.05, 3.63) is 40.2 Å². The molecule has 1 heterocycles. The maximum atomic E-state index is 13.1. The molecule has 0 N–H and O–H groups in total. The molecule has 0 radical (unpaired) electrons. The van der Waals surface area contributed by atoms with Crippen LogP contribution in [0.2, 0.25) is 18.1 Å². The van der Waals surface area contributed by atoms with E-state index in [0.29, 0.717) is 30.7 Å². The van der Waals surface area contributed by atoms with Gasteiger partial charge in [-0.05, 0) is 62.9 Å². The van der Waals surface area contributed by atoms with Crippen molar-refractivity contribution in [1.29, 1.82) is 0 Å². The third-order valence-electron chi connectivity index (χ3n) is 8.30. The summed E-state index contributed by atoms with van der Waals surface area (Å²) in [7, 11) is -2.25. The molecule has 0 amide bonds. The molecule has 1 fully saturated rings. The largest absolute Gasteiger partial charge is 0.466 e. The second-order valence-corrected chi connectivity index (χ2v) is 17.8. The average Bonchev–Trinajstić information content (AvgIpc) is 3.37. The summed E-state index contributed by atoms with van der Waals surface area (Å²) in [4.78, 5) is 17.9. The molecule has 40 heavy (non-hydrogen) atoms. The van der Waals surface area contributed by atoms with E-state index in [1.54, 1.807) is 6.92 Å². The highest BCUT2D eigenvalue weighted by molar-refractivity contribution is 7.10. The second-order valence-electron chi connectivity index (χ2n) is 12.1. The molecule has 1 aliphatic rings. The highest BCUT2D eigenvalue weighted by atomic mass is 32.1. The lowest BCUT2D eigenvalue weighted by molar-refractivity contribution is -0.158. The number of carbonyl (C=O) groups excluding carboxylic acids is 1. The Morgan fingerprint density at radius 3 is 2.23 bits per heavy atom. The number of esters is 1. The number of alkyl halides is 3. The quantitative estimate of drug-likeness (QED) is 0.202. The maximum Gasteiger partial charge on any atom is 0.416 e. The molecule has 3 rings (SSSR count). The van der Waals surface area contributed by atoms with Gasteiger partial charge in [0.05, 0.1) is 47.1 Å². The van der Waals surface area contributed by atoms with Crippen LogP contribution in [0, 0.1) is 5.92 Å². The number of nitrogens with zero attached hydrogens (tertiary/aromatic N) is 1. The molecule has 0 spiro atoms. The minimum absolute atomic E-state index is 0.0381. The van der Waals surface area contributed by atoms with E-state index in [1.807, 2.05) is 5.38 Å². The molecule has 10 heteroatoms. The Morgan fingerprint density at radius 2 is 1.70 bits per heavy atom. The van der Waals surface area contributed by atoms with Crippen LogP contribution in [0.25, 0.3) is 11.3 Å². The van der Waals surface area contributed by atoms with Gasteiger partial charge in [-0.3, -0.25) is 4.79 Å². The number of benzene rings is 1. The summed E-state index contributed by atoms with van der Waals surface area (Å²) in [6, 6.07) is 5.06. The topological polar surface area (TPSA) is 57.7 Å². The van der Waals surface area contributed by atoms with Gasteiger partial charge in [-0.2, -0.15) is 13.2 Å². The minimum atomic E-state index is -4.39. The second kappa shape index (κ2) is 13.0. The van der Waals surface area contributed by atoms with Crippen LogP contribution in [-0.4, -0.2) is 44.2 Å². The molecular weight excluding hydrogens is 555 g/mol. The number of halogens is 3. The van der Waals surface area contributed by atoms with Crippen molar-refractivity contribution >= 4 is 25.6 Å². The van der Waals surface area contributed by atoms with Gasteiger partial charge >= 0.3 is 12.1 Å². The monoisotopic (exact) mass is 599 g/mol. The summed E-state index contributed by atoms with van der Waals surface area (Å²) in [5, 5.41) is 2.63. The van der Waals surface area contributed by atoms with Crippen LogP contribution in [-0.2, 0) is 24.9 Å². The summed E-state index contributed by atoms with van der Waals surface area (Å²) in [6.45, 7) is 17.3. The molecule has 1 aromatic carbocycles. The van der Waals surface area contributed by atoms with Crippen LogP contribution in [0.3, 0.4) is 0 Å². The highest BCUT2D eigenvalue weighted by Gasteiger charge is 2.49. The van der Waals surface area contributed by atoms with Crippen molar-refractivity contribution in [3.63, 3.8) is 0 Å². The number of aromatic nitrogens is 1. The summed E-state index contributed by atoms with van der Waals surface area (Å²) in [5.74, 6) is -0.817. The number of thiazole rings is 1. The molecule has 0 saturated heterocycles. The molecule has 0 aliphatic heterocycles. The molecule has 0 bridgehead atoms. The zero-order valence-corrected chi connectivity index (χ0v) is 26.7. The fraction of sp³-hybridized carbons (Fsp3) is 0.667. The van der Waals surface area contributed by atoms with Gasteiger partial charge < -0.3 is 13.9 Å². The van der Waals surface area contributed by atoms with Crippen molar-refractivity contribution in [3.8, 4) is 11.3 Å². The Labute approximate surface area is 242 Å². The number of carbonyl (C=O) groups is 1. The number of rotatable bonds is 10. The first-order valence-electron chi connectivity index (χ1n) is 14.2. The number of ether oxygens (including phenoxy) is 2. The van der Waals surface area contributed by atoms with Crippen LogP contribution in [0.5, 0.6) is 0 Å². The van der Waals surface area contributed by atoms with Crippen LogP contribution >= 0.6 is 11.3 Å². The fourth-order valence-electron chi connectivity index (χ4n) is 4.86. The van der Waals surface area contributed by atoms with Crippen LogP contribution < -0.4 is 0 Å². The third kappa shape index (κ3) is 7.75. The lowest BCUT2D eigenvalue weighted by Gasteiger charge is -2.47. The van der Waals surface area contributed by atoms with Crippen LogP contribution in [0.1, 0.15) is 83.7 Å². The predicted molar refractivity (Wildman–Crippen MR) is 156 cm³/mol. The van der Waals surface area contributed by atoms with E-state index in [4.69, 9.17) is 18.9 Å². The van der Waals surface area contributed by atoms with Crippen molar-refractivity contribution in [2.24, 2.45) is 5.92 Å². The van der Waals surface area contributed by atoms with Gasteiger partial charge in [-0.15, -0.1) is 11.3 Å². The first kappa shape index (κ1) is 32.8. The Bertz CT molecular complexity index is 1110. The molecule has 0 unspecified atom stereocenters. The number of hydrogen-bond acceptors (Lipinski definition) is 6. The first-order chi connectivity index (χ1) is 18.6. The van der Waals surface area contributed by atoms with E-state index in [2.05, 4.69) is 47.7 Å². The van der Waals surface area contributed by atoms with Gasteiger partial charge in [0.25, 0.3) is 0 Å². The predicted octanol–water partition coefficient (Wildman–Crippen LogP) is 8.85. The fourth-order valence-corrected chi connectivity index (χ4v) is 7.19. The van der Waals surface area contributed by atoms with Gasteiger partial charge in [0.2, 0.25) is 0 Å². The summed E-state index contributed by atoms with van der Waals surface area (Å²) in [6.07, 6.45) is -2.24. The van der Waals surface area contributed by atoms with Crippen molar-refractivity contribution in [2.45, 2.75) is 116 Å². The molecule has 224 valence electrons. The molecule has 5 nitrogen and oxygen atoms in total. The van der Waals surface area contributed by atoms with Crippen molar-refractivity contribution in [2.75, 3.05) is 6.61 Å². The molecular formula is C30H44F3NO4SSi. The van der Waals surface area contributed by atoms with Crippen LogP contribution in [0.15, 0.2) is 29.6 Å². The summed E-state index contributed by atoms with van der Waals surface area (Å²) < 4.78 is 58.5. The Balaban J connectivity index is 2.04. The van der Waals surface area contributed by atoms with Crippen LogP contribution in [0.4, 0.5) is 13.2 Å². The Morgan fingerprint density at radius 1 is 1.07 bits per heavy atom. The van der Waals surface area contributed by atoms with E-state index in [9.17, 15) is 18.0 Å². The Kier molecular flexibility index (Phi) is 10.7. The van der Waals surface area contributed by atoms with Gasteiger partial charge in [0, 0.05) is 16.9 Å². The first-order valence-corrected chi connectivity index (χ1v) is 18.0. The van der Waals surface area contributed by atoms with Gasteiger partial charge in [0.15, 0.2) is 8.32 Å². The smallest absolute Gasteiger partial charge is 0.416 e. The molecule has 2 aromatic rings. The normalized spacial score (nSPS) is 22.5. The summed E-state index contributed by atoms with van der Waals surface area (Å²) in [5.41, 5.74) is 0.524. The number of hydrogen-bond donors (Lipinski definition) is 0. The summed E-state index contributed by atoms with van der Waals surface area (Å²) >= 11 is 1.45. The SMILES string of the molecule is CCOC(=O)[C@@H]1C[C@H](c2nc(-c3ccc(C(F)(F)F)cc3)cs2)[C@H](O[Si](C)(C)C(C)(C)C)[C@H](OC(CC)CC)C1. The van der Waals surface area contributed by atoms with Gasteiger partial charge in [0.1, 0.15) is 0 Å².